The lowest BCUT2D eigenvalue weighted by Gasteiger charge is -2.20. The molecule has 25 heavy (non-hydrogen) atoms. The number of hydrogen-bond donors (Lipinski definition) is 3. The van der Waals surface area contributed by atoms with Crippen LogP contribution < -0.4 is 9.15 Å². The fraction of sp³-hybridized carbons (Fsp3) is 0.400. The number of furan rings is 1. The minimum atomic E-state index is -2.65. The molecule has 0 aliphatic rings. The molecule has 2 heterocycles. The summed E-state index contributed by atoms with van der Waals surface area (Å²) in [4.78, 5) is 3.87. The van der Waals surface area contributed by atoms with Gasteiger partial charge in [0.25, 0.3) is 0 Å². The summed E-state index contributed by atoms with van der Waals surface area (Å²) < 4.78 is 35.5. The van der Waals surface area contributed by atoms with Crippen LogP contribution in [-0.4, -0.2) is 33.4 Å². The molecule has 0 amide bonds. The maximum Gasteiger partial charge on any atom is 0.242 e. The van der Waals surface area contributed by atoms with Crippen molar-refractivity contribution in [3.05, 3.63) is 30.2 Å². The second-order valence-corrected chi connectivity index (χ2v) is 12.7. The van der Waals surface area contributed by atoms with Gasteiger partial charge in [0.2, 0.25) is 25.0 Å². The van der Waals surface area contributed by atoms with Crippen molar-refractivity contribution >= 4 is 35.1 Å². The van der Waals surface area contributed by atoms with E-state index in [-0.39, 0.29) is 28.6 Å². The van der Waals surface area contributed by atoms with Gasteiger partial charge in [-0.1, -0.05) is 22.0 Å². The molecule has 0 aliphatic carbocycles. The number of alkyl halides is 1. The van der Waals surface area contributed by atoms with Crippen molar-refractivity contribution in [2.45, 2.75) is 30.9 Å². The Kier molecular flexibility index (Phi) is 6.66. The standard InChI is InChI=1S/C15H21BrN2O5SSi/c1-25(2,3)23-15-12(19)14(11-6-4-5-8-17-11)22-13(15)10(16)7-9-18-24(20)21/h4-6,8,10,19,24H,7,9H2,1-3H3,(H,18,20,21). The Labute approximate surface area is 157 Å². The van der Waals surface area contributed by atoms with Crippen molar-refractivity contribution in [2.75, 3.05) is 6.54 Å². The van der Waals surface area contributed by atoms with E-state index in [0.29, 0.717) is 17.9 Å². The van der Waals surface area contributed by atoms with Gasteiger partial charge in [0.05, 0.1) is 4.83 Å². The zero-order valence-corrected chi connectivity index (χ0v) is 17.6. The highest BCUT2D eigenvalue weighted by molar-refractivity contribution is 9.09. The molecule has 0 saturated heterocycles. The number of hydrogen-bond acceptors (Lipinski definition) is 6. The van der Waals surface area contributed by atoms with E-state index in [2.05, 4.69) is 25.6 Å². The molecule has 2 N–H and O–H groups in total. The Morgan fingerprint density at radius 1 is 1.40 bits per heavy atom. The third-order valence-electron chi connectivity index (χ3n) is 3.09. The van der Waals surface area contributed by atoms with E-state index in [0.717, 1.165) is 0 Å². The van der Waals surface area contributed by atoms with Crippen molar-refractivity contribution in [3.8, 4) is 23.0 Å². The monoisotopic (exact) mass is 448 g/mol. The van der Waals surface area contributed by atoms with Crippen LogP contribution >= 0.6 is 15.9 Å². The van der Waals surface area contributed by atoms with Crippen molar-refractivity contribution in [1.29, 1.82) is 0 Å². The van der Waals surface area contributed by atoms with Crippen LogP contribution in [0.5, 0.6) is 11.5 Å². The van der Waals surface area contributed by atoms with Crippen LogP contribution in [0.25, 0.3) is 11.5 Å². The molecule has 7 nitrogen and oxygen atoms in total. The minimum absolute atomic E-state index is 0.0940. The van der Waals surface area contributed by atoms with Gasteiger partial charge in [0, 0.05) is 12.7 Å². The Morgan fingerprint density at radius 3 is 2.68 bits per heavy atom. The zero-order chi connectivity index (χ0) is 18.6. The van der Waals surface area contributed by atoms with Crippen LogP contribution in [0.15, 0.2) is 28.8 Å². The number of pyridine rings is 1. The summed E-state index contributed by atoms with van der Waals surface area (Å²) in [5.74, 6) is 0.844. The van der Waals surface area contributed by atoms with Crippen molar-refractivity contribution in [1.82, 2.24) is 9.71 Å². The average molecular weight is 449 g/mol. The van der Waals surface area contributed by atoms with Gasteiger partial charge in [-0.25, -0.2) is 13.1 Å². The van der Waals surface area contributed by atoms with E-state index < -0.39 is 19.2 Å². The lowest BCUT2D eigenvalue weighted by atomic mass is 10.2. The topological polar surface area (TPSA) is 102 Å². The highest BCUT2D eigenvalue weighted by atomic mass is 79.9. The molecular weight excluding hydrogens is 428 g/mol. The summed E-state index contributed by atoms with van der Waals surface area (Å²) in [6.45, 7) is 6.23. The van der Waals surface area contributed by atoms with Gasteiger partial charge in [0.15, 0.2) is 17.3 Å². The first-order valence-electron chi connectivity index (χ1n) is 7.67. The second-order valence-electron chi connectivity index (χ2n) is 6.32. The van der Waals surface area contributed by atoms with E-state index in [1.54, 1.807) is 24.4 Å². The third-order valence-corrected chi connectivity index (χ3v) is 5.27. The maximum absolute atomic E-state index is 10.6. The zero-order valence-electron chi connectivity index (χ0n) is 14.2. The van der Waals surface area contributed by atoms with Gasteiger partial charge >= 0.3 is 0 Å². The molecule has 0 aliphatic heterocycles. The first-order valence-corrected chi connectivity index (χ1v) is 13.2. The Bertz CT molecular complexity index is 781. The van der Waals surface area contributed by atoms with Gasteiger partial charge in [-0.2, -0.15) is 0 Å². The smallest absolute Gasteiger partial charge is 0.242 e. The molecule has 0 aromatic carbocycles. The highest BCUT2D eigenvalue weighted by Crippen LogP contribution is 2.48. The summed E-state index contributed by atoms with van der Waals surface area (Å²) in [6, 6.07) is 5.30. The van der Waals surface area contributed by atoms with E-state index in [1.165, 1.54) is 0 Å². The van der Waals surface area contributed by atoms with E-state index in [4.69, 9.17) is 8.84 Å². The molecule has 0 spiro atoms. The molecule has 0 saturated carbocycles. The summed E-state index contributed by atoms with van der Waals surface area (Å²) >= 11 is 3.49. The number of thiol groups is 1. The van der Waals surface area contributed by atoms with Crippen LogP contribution in [0.1, 0.15) is 17.0 Å². The summed E-state index contributed by atoms with van der Waals surface area (Å²) in [7, 11) is -4.67. The van der Waals surface area contributed by atoms with Gasteiger partial charge in [-0.05, 0) is 38.2 Å². The Morgan fingerprint density at radius 2 is 2.12 bits per heavy atom. The fourth-order valence-corrected chi connectivity index (χ4v) is 3.77. The number of aromatic hydroxyl groups is 1. The van der Waals surface area contributed by atoms with Crippen LogP contribution in [0.3, 0.4) is 0 Å². The first kappa shape index (κ1) is 20.0. The highest BCUT2D eigenvalue weighted by Gasteiger charge is 2.30. The number of nitrogens with zero attached hydrogens (tertiary/aromatic N) is 1. The predicted molar refractivity (Wildman–Crippen MR) is 102 cm³/mol. The molecule has 0 radical (unpaired) electrons. The SMILES string of the molecule is C[Si](C)(C)Oc1c(C(Br)CCN[SH](=O)=O)oc(-c2ccccn2)c1O. The predicted octanol–water partition coefficient (Wildman–Crippen LogP) is 3.20. The van der Waals surface area contributed by atoms with Gasteiger partial charge in [0.1, 0.15) is 5.69 Å². The molecule has 2 aromatic heterocycles. The van der Waals surface area contributed by atoms with Crippen molar-refractivity contribution in [3.63, 3.8) is 0 Å². The summed E-state index contributed by atoms with van der Waals surface area (Å²) in [5.41, 5.74) is 0.493. The molecule has 1 atom stereocenters. The van der Waals surface area contributed by atoms with Crippen molar-refractivity contribution in [2.24, 2.45) is 0 Å². The van der Waals surface area contributed by atoms with E-state index in [1.807, 2.05) is 19.6 Å². The maximum atomic E-state index is 10.6. The lowest BCUT2D eigenvalue weighted by Crippen LogP contribution is -2.29. The van der Waals surface area contributed by atoms with Gasteiger partial charge in [-0.15, -0.1) is 0 Å². The van der Waals surface area contributed by atoms with E-state index in [9.17, 15) is 13.5 Å². The van der Waals surface area contributed by atoms with Crippen LogP contribution in [-0.2, 0) is 10.9 Å². The molecule has 1 unspecified atom stereocenters. The molecule has 2 aromatic rings. The Hall–Kier alpha value is -1.36. The normalized spacial score (nSPS) is 13.2. The lowest BCUT2D eigenvalue weighted by molar-refractivity contribution is 0.438. The van der Waals surface area contributed by atoms with Gasteiger partial charge < -0.3 is 13.9 Å². The second kappa shape index (κ2) is 8.34. The van der Waals surface area contributed by atoms with Crippen LogP contribution in [0.4, 0.5) is 0 Å². The quantitative estimate of drug-likeness (QED) is 0.325. The first-order chi connectivity index (χ1) is 11.7. The van der Waals surface area contributed by atoms with Gasteiger partial charge in [-0.3, -0.25) is 4.98 Å². The molecule has 2 rings (SSSR count). The average Bonchev–Trinajstić information content (AvgIpc) is 2.83. The number of aromatic nitrogens is 1. The fourth-order valence-electron chi connectivity index (χ4n) is 2.12. The molecule has 0 fully saturated rings. The third kappa shape index (κ3) is 5.56. The summed E-state index contributed by atoms with van der Waals surface area (Å²) in [6.07, 6.45) is 2.04. The Balaban J connectivity index is 2.39. The van der Waals surface area contributed by atoms with E-state index >= 15 is 0 Å². The van der Waals surface area contributed by atoms with Crippen molar-refractivity contribution < 1.29 is 22.4 Å². The minimum Gasteiger partial charge on any atom is -0.539 e. The summed E-state index contributed by atoms with van der Waals surface area (Å²) in [5, 5.41) is 10.6. The van der Waals surface area contributed by atoms with Crippen LogP contribution in [0, 0.1) is 0 Å². The van der Waals surface area contributed by atoms with Crippen LogP contribution in [0.2, 0.25) is 19.6 Å². The molecule has 10 heteroatoms. The largest absolute Gasteiger partial charge is 0.539 e. The number of nitrogens with one attached hydrogen (secondary N) is 1. The molecule has 138 valence electrons. The molecular formula is C15H21BrN2O5SSi. The number of rotatable bonds is 8. The molecule has 0 bridgehead atoms. The number of halogens is 1.